The highest BCUT2D eigenvalue weighted by molar-refractivity contribution is 5.94. The first-order chi connectivity index (χ1) is 10.2. The third-order valence-corrected chi connectivity index (χ3v) is 4.27. The van der Waals surface area contributed by atoms with Crippen LogP contribution >= 0.6 is 0 Å². The van der Waals surface area contributed by atoms with Crippen LogP contribution in [0.3, 0.4) is 0 Å². The van der Waals surface area contributed by atoms with E-state index in [4.69, 9.17) is 0 Å². The Bertz CT molecular complexity index is 689. The molecule has 0 saturated carbocycles. The maximum atomic E-state index is 9.40. The van der Waals surface area contributed by atoms with Crippen LogP contribution < -0.4 is 4.90 Å². The standard InChI is InChI=1S/C17H20N4/c1-20-8-7-13(11-20)12-21(2)17-14(9-18)10-19-16-6-4-3-5-15(16)17/h3-6,10,13H,7-8,11-12H2,1-2H3. The second-order valence-corrected chi connectivity index (χ2v) is 5.95. The molecule has 3 rings (SSSR count). The molecule has 1 saturated heterocycles. The molecular weight excluding hydrogens is 260 g/mol. The van der Waals surface area contributed by atoms with E-state index in [2.05, 4.69) is 41.0 Å². The van der Waals surface area contributed by atoms with Crippen LogP contribution in [0.15, 0.2) is 30.5 Å². The summed E-state index contributed by atoms with van der Waals surface area (Å²) in [6.45, 7) is 3.28. The summed E-state index contributed by atoms with van der Waals surface area (Å²) in [5.74, 6) is 0.665. The van der Waals surface area contributed by atoms with Crippen molar-refractivity contribution in [1.82, 2.24) is 9.88 Å². The van der Waals surface area contributed by atoms with Gasteiger partial charge in [0.15, 0.2) is 0 Å². The number of likely N-dealkylation sites (tertiary alicyclic amines) is 1. The highest BCUT2D eigenvalue weighted by Gasteiger charge is 2.22. The molecule has 0 bridgehead atoms. The van der Waals surface area contributed by atoms with E-state index in [1.54, 1.807) is 6.20 Å². The van der Waals surface area contributed by atoms with Gasteiger partial charge in [0.05, 0.1) is 16.8 Å². The number of para-hydroxylation sites is 1. The summed E-state index contributed by atoms with van der Waals surface area (Å²) in [7, 11) is 4.25. The van der Waals surface area contributed by atoms with Gasteiger partial charge < -0.3 is 9.80 Å². The van der Waals surface area contributed by atoms with Crippen molar-refractivity contribution in [2.75, 3.05) is 38.6 Å². The van der Waals surface area contributed by atoms with Gasteiger partial charge in [0.2, 0.25) is 0 Å². The summed E-state index contributed by atoms with van der Waals surface area (Å²) in [6.07, 6.45) is 2.92. The maximum Gasteiger partial charge on any atom is 0.103 e. The predicted molar refractivity (Wildman–Crippen MR) is 85.3 cm³/mol. The van der Waals surface area contributed by atoms with Crippen molar-refractivity contribution in [2.24, 2.45) is 5.92 Å². The number of nitrogens with zero attached hydrogens (tertiary/aromatic N) is 4. The van der Waals surface area contributed by atoms with Gasteiger partial charge in [0.25, 0.3) is 0 Å². The summed E-state index contributed by atoms with van der Waals surface area (Å²) in [6, 6.07) is 10.3. The number of aromatic nitrogens is 1. The van der Waals surface area contributed by atoms with Crippen LogP contribution in [0.25, 0.3) is 10.9 Å². The molecule has 2 heterocycles. The Morgan fingerprint density at radius 1 is 1.43 bits per heavy atom. The van der Waals surface area contributed by atoms with E-state index in [0.717, 1.165) is 29.7 Å². The minimum Gasteiger partial charge on any atom is -0.373 e. The smallest absolute Gasteiger partial charge is 0.103 e. The average Bonchev–Trinajstić information content (AvgIpc) is 2.90. The van der Waals surface area contributed by atoms with Crippen LogP contribution in [0.2, 0.25) is 0 Å². The van der Waals surface area contributed by atoms with Crippen LogP contribution in [0.5, 0.6) is 0 Å². The van der Waals surface area contributed by atoms with E-state index in [0.29, 0.717) is 11.5 Å². The van der Waals surface area contributed by atoms with Crippen LogP contribution in [-0.2, 0) is 0 Å². The van der Waals surface area contributed by atoms with Gasteiger partial charge in [-0.15, -0.1) is 0 Å². The van der Waals surface area contributed by atoms with Gasteiger partial charge in [0, 0.05) is 31.7 Å². The van der Waals surface area contributed by atoms with Crippen LogP contribution in [0, 0.1) is 17.2 Å². The quantitative estimate of drug-likeness (QED) is 0.866. The van der Waals surface area contributed by atoms with Gasteiger partial charge in [-0.1, -0.05) is 18.2 Å². The molecule has 1 aliphatic rings. The summed E-state index contributed by atoms with van der Waals surface area (Å²) < 4.78 is 0. The molecule has 1 unspecified atom stereocenters. The van der Waals surface area contributed by atoms with Crippen molar-refractivity contribution in [3.05, 3.63) is 36.0 Å². The van der Waals surface area contributed by atoms with E-state index in [1.807, 2.05) is 18.2 Å². The summed E-state index contributed by atoms with van der Waals surface area (Å²) >= 11 is 0. The van der Waals surface area contributed by atoms with Crippen molar-refractivity contribution in [1.29, 1.82) is 5.26 Å². The third kappa shape index (κ3) is 2.70. The first-order valence-electron chi connectivity index (χ1n) is 7.36. The number of hydrogen-bond acceptors (Lipinski definition) is 4. The normalized spacial score (nSPS) is 18.8. The Hall–Kier alpha value is -2.12. The SMILES string of the molecule is CN1CCC(CN(C)c2c(C#N)cnc3ccccc23)C1. The van der Waals surface area contributed by atoms with Crippen molar-refractivity contribution in [3.63, 3.8) is 0 Å². The van der Waals surface area contributed by atoms with E-state index >= 15 is 0 Å². The third-order valence-electron chi connectivity index (χ3n) is 4.27. The Morgan fingerprint density at radius 2 is 2.24 bits per heavy atom. The lowest BCUT2D eigenvalue weighted by Crippen LogP contribution is -2.28. The average molecular weight is 280 g/mol. The topological polar surface area (TPSA) is 43.2 Å². The Labute approximate surface area is 125 Å². The molecule has 1 aromatic heterocycles. The number of anilines is 1. The lowest BCUT2D eigenvalue weighted by Gasteiger charge is -2.25. The number of pyridine rings is 1. The van der Waals surface area contributed by atoms with Crippen LogP contribution in [0.1, 0.15) is 12.0 Å². The van der Waals surface area contributed by atoms with Crippen molar-refractivity contribution in [2.45, 2.75) is 6.42 Å². The van der Waals surface area contributed by atoms with Crippen molar-refractivity contribution < 1.29 is 0 Å². The first-order valence-corrected chi connectivity index (χ1v) is 7.36. The van der Waals surface area contributed by atoms with Gasteiger partial charge in [-0.25, -0.2) is 0 Å². The zero-order valence-electron chi connectivity index (χ0n) is 12.6. The molecule has 108 valence electrons. The fourth-order valence-corrected chi connectivity index (χ4v) is 3.27. The molecule has 4 nitrogen and oxygen atoms in total. The number of fused-ring (bicyclic) bond motifs is 1. The Balaban J connectivity index is 1.96. The Morgan fingerprint density at radius 3 is 2.95 bits per heavy atom. The second kappa shape index (κ2) is 5.71. The van der Waals surface area contributed by atoms with E-state index in [-0.39, 0.29) is 0 Å². The molecule has 1 aliphatic heterocycles. The lowest BCUT2D eigenvalue weighted by molar-refractivity contribution is 0.396. The zero-order valence-corrected chi connectivity index (χ0v) is 12.6. The van der Waals surface area contributed by atoms with Gasteiger partial charge in [-0.3, -0.25) is 4.98 Å². The van der Waals surface area contributed by atoms with Gasteiger partial charge >= 0.3 is 0 Å². The largest absolute Gasteiger partial charge is 0.373 e. The van der Waals surface area contributed by atoms with Gasteiger partial charge in [0.1, 0.15) is 6.07 Å². The van der Waals surface area contributed by atoms with Crippen molar-refractivity contribution >= 4 is 16.6 Å². The highest BCUT2D eigenvalue weighted by atomic mass is 15.2. The molecule has 0 spiro atoms. The molecule has 1 atom stereocenters. The molecule has 1 aromatic carbocycles. The molecule has 0 radical (unpaired) electrons. The number of rotatable bonds is 3. The molecule has 21 heavy (non-hydrogen) atoms. The molecule has 2 aromatic rings. The fraction of sp³-hybridized carbons (Fsp3) is 0.412. The molecule has 0 amide bonds. The molecule has 0 N–H and O–H groups in total. The van der Waals surface area contributed by atoms with E-state index < -0.39 is 0 Å². The first kappa shape index (κ1) is 13.8. The highest BCUT2D eigenvalue weighted by Crippen LogP contribution is 2.29. The summed E-state index contributed by atoms with van der Waals surface area (Å²) in [4.78, 5) is 8.98. The monoisotopic (exact) mass is 280 g/mol. The molecule has 0 aliphatic carbocycles. The van der Waals surface area contributed by atoms with Crippen LogP contribution in [-0.4, -0.2) is 43.6 Å². The molecule has 4 heteroatoms. The zero-order chi connectivity index (χ0) is 14.8. The lowest BCUT2D eigenvalue weighted by atomic mass is 10.1. The number of benzene rings is 1. The minimum absolute atomic E-state index is 0.655. The summed E-state index contributed by atoms with van der Waals surface area (Å²) in [5.41, 5.74) is 2.61. The minimum atomic E-state index is 0.655. The van der Waals surface area contributed by atoms with E-state index in [1.165, 1.54) is 13.0 Å². The maximum absolute atomic E-state index is 9.40. The predicted octanol–water partition coefficient (Wildman–Crippen LogP) is 2.49. The van der Waals surface area contributed by atoms with E-state index in [9.17, 15) is 5.26 Å². The second-order valence-electron chi connectivity index (χ2n) is 5.95. The van der Waals surface area contributed by atoms with Gasteiger partial charge in [-0.05, 0) is 32.0 Å². The van der Waals surface area contributed by atoms with Crippen molar-refractivity contribution in [3.8, 4) is 6.07 Å². The molecule has 1 fully saturated rings. The number of nitriles is 1. The van der Waals surface area contributed by atoms with Gasteiger partial charge in [-0.2, -0.15) is 5.26 Å². The Kier molecular flexibility index (Phi) is 3.76. The number of hydrogen-bond donors (Lipinski definition) is 0. The molecular formula is C17H20N4. The fourth-order valence-electron chi connectivity index (χ4n) is 3.27. The summed E-state index contributed by atoms with van der Waals surface area (Å²) in [5, 5.41) is 10.5. The van der Waals surface area contributed by atoms with Crippen LogP contribution in [0.4, 0.5) is 5.69 Å².